The molecule has 12 aromatic rings. The van der Waals surface area contributed by atoms with Crippen LogP contribution in [0.3, 0.4) is 0 Å². The first-order valence-electron chi connectivity index (χ1n) is 24.4. The van der Waals surface area contributed by atoms with Crippen molar-refractivity contribution < 1.29 is 23.6 Å². The van der Waals surface area contributed by atoms with E-state index in [0.717, 1.165) is 41.5 Å². The molecule has 0 saturated heterocycles. The van der Waals surface area contributed by atoms with Gasteiger partial charge in [-0.2, -0.15) is 0 Å². The molecule has 4 nitrogen and oxygen atoms in total. The van der Waals surface area contributed by atoms with Crippen LogP contribution in [0.1, 0.15) is 19.2 Å². The Kier molecular flexibility index (Phi) is 4.22. The maximum atomic E-state index is 9.47. The van der Waals surface area contributed by atoms with E-state index in [1.165, 1.54) is 0 Å². The van der Waals surface area contributed by atoms with E-state index in [1.807, 2.05) is 66.7 Å². The molecule has 0 N–H and O–H groups in total. The highest BCUT2D eigenvalue weighted by atomic mass is 32.1. The molecular weight excluding hydrogens is 691 g/mol. The van der Waals surface area contributed by atoms with Crippen molar-refractivity contribution in [2.24, 2.45) is 0 Å². The Hall–Kier alpha value is -7.08. The number of aromatic nitrogens is 3. The summed E-state index contributed by atoms with van der Waals surface area (Å²) < 4.78 is 135. The van der Waals surface area contributed by atoms with E-state index in [4.69, 9.17) is 25.4 Å². The van der Waals surface area contributed by atoms with Gasteiger partial charge in [-0.25, -0.2) is 9.97 Å². The van der Waals surface area contributed by atoms with E-state index < -0.39 is 90.3 Å². The van der Waals surface area contributed by atoms with E-state index in [9.17, 15) is 8.22 Å². The highest BCUT2D eigenvalue weighted by molar-refractivity contribution is 7.26. The topological polar surface area (TPSA) is 43.9 Å². The van der Waals surface area contributed by atoms with Crippen molar-refractivity contribution in [1.82, 2.24) is 14.5 Å². The van der Waals surface area contributed by atoms with E-state index in [1.54, 1.807) is 29.5 Å². The number of fused-ring (bicyclic) bond motifs is 10. The molecule has 8 aromatic carbocycles. The maximum absolute atomic E-state index is 9.47. The van der Waals surface area contributed by atoms with Crippen LogP contribution < -0.4 is 0 Å². The Bertz CT molecular complexity index is 4290. The minimum atomic E-state index is -0.707. The highest BCUT2D eigenvalue weighted by Crippen LogP contribution is 2.42. The third-order valence-corrected chi connectivity index (χ3v) is 11.1. The van der Waals surface area contributed by atoms with Gasteiger partial charge in [0.05, 0.1) is 46.1 Å². The molecule has 0 saturated carbocycles. The van der Waals surface area contributed by atoms with Crippen LogP contribution in [0.5, 0.6) is 0 Å². The molecule has 0 radical (unpaired) electrons. The number of hydrogen-bond donors (Lipinski definition) is 0. The lowest BCUT2D eigenvalue weighted by Gasteiger charge is -2.10. The Labute approximate surface area is 338 Å². The molecule has 4 aromatic heterocycles. The van der Waals surface area contributed by atoms with Gasteiger partial charge in [0.2, 0.25) is 0 Å². The van der Waals surface area contributed by atoms with E-state index in [-0.39, 0.29) is 43.7 Å². The van der Waals surface area contributed by atoms with Gasteiger partial charge in [-0.1, -0.05) is 121 Å². The molecule has 55 heavy (non-hydrogen) atoms. The molecule has 0 spiro atoms. The van der Waals surface area contributed by atoms with Gasteiger partial charge >= 0.3 is 0 Å². The third kappa shape index (κ3) is 4.64. The zero-order chi connectivity index (χ0) is 48.2. The van der Waals surface area contributed by atoms with Gasteiger partial charge in [0, 0.05) is 48.4 Å². The van der Waals surface area contributed by atoms with Gasteiger partial charge < -0.3 is 8.98 Å². The van der Waals surface area contributed by atoms with Gasteiger partial charge in [0.15, 0.2) is 5.82 Å². The molecule has 4 heterocycles. The van der Waals surface area contributed by atoms with Crippen LogP contribution >= 0.6 is 11.3 Å². The highest BCUT2D eigenvalue weighted by Gasteiger charge is 2.20. The van der Waals surface area contributed by atoms with Crippen LogP contribution in [0.15, 0.2) is 180 Å². The zero-order valence-corrected chi connectivity index (χ0v) is 29.1. The first-order chi connectivity index (χ1) is 33.1. The first kappa shape index (κ1) is 19.8. The SMILES string of the molecule is [2H]c1c([2H])c(-n2c3c([2H])c([2H])c([2H])c([2H])c3c3c([2H])c4c([2H])c([2H])c([2H])c([2H])c4c([2H])c32)c([2H])c([2H])c1-c1ccc2c(c1)oc1cccc(-c3nc(-c4ccccc4)c4sc5ccccc5c4n3)c12. The minimum absolute atomic E-state index is 0.114. The van der Waals surface area contributed by atoms with Gasteiger partial charge in [0.1, 0.15) is 11.2 Å². The van der Waals surface area contributed by atoms with Crippen molar-refractivity contribution in [3.63, 3.8) is 0 Å². The molecule has 0 aliphatic carbocycles. The van der Waals surface area contributed by atoms with Crippen molar-refractivity contribution in [2.75, 3.05) is 0 Å². The van der Waals surface area contributed by atoms with Gasteiger partial charge in [0.25, 0.3) is 0 Å². The zero-order valence-electron chi connectivity index (χ0n) is 42.3. The molecule has 0 atom stereocenters. The average Bonchev–Trinajstić information content (AvgIpc) is 4.04. The van der Waals surface area contributed by atoms with Gasteiger partial charge in [-0.3, -0.25) is 0 Å². The molecule has 0 aliphatic heterocycles. The lowest BCUT2D eigenvalue weighted by atomic mass is 10.0. The van der Waals surface area contributed by atoms with Crippen LogP contribution in [-0.4, -0.2) is 14.5 Å². The van der Waals surface area contributed by atoms with Crippen molar-refractivity contribution >= 4 is 86.2 Å². The number of benzene rings is 8. The monoisotopic (exact) mass is 733 g/mol. The van der Waals surface area contributed by atoms with Crippen molar-refractivity contribution in [1.29, 1.82) is 0 Å². The average molecular weight is 734 g/mol. The Morgan fingerprint density at radius 3 is 2.25 bits per heavy atom. The second kappa shape index (κ2) is 11.7. The Morgan fingerprint density at radius 1 is 0.564 bits per heavy atom. The number of furan rings is 1. The van der Waals surface area contributed by atoms with Gasteiger partial charge in [-0.15, -0.1) is 11.3 Å². The number of nitrogens with zero attached hydrogens (tertiary/aromatic N) is 3. The molecule has 12 rings (SSSR count). The quantitative estimate of drug-likeness (QED) is 0.181. The predicted molar refractivity (Wildman–Crippen MR) is 230 cm³/mol. The van der Waals surface area contributed by atoms with Crippen LogP contribution in [0.4, 0.5) is 0 Å². The lowest BCUT2D eigenvalue weighted by Crippen LogP contribution is -1.94. The standard InChI is InChI=1S/C50H29N3OS/c1-2-11-31(12-3-1)47-49-48(38-16-7-9-20-45(38)55-49)52-50(51-47)39-17-10-19-43-46(39)37-26-23-34(29-44(37)54-43)30-21-24-35(25-22-30)53-41-18-8-6-15-36(41)40-27-32-13-4-5-14-33(32)28-42(40)53/h1-29H/i4D,5D,6D,8D,13D,14D,15D,18D,21D,22D,24D,25D,27D,28D. The number of thiophene rings is 1. The van der Waals surface area contributed by atoms with Crippen molar-refractivity contribution in [2.45, 2.75) is 0 Å². The number of hydrogen-bond acceptors (Lipinski definition) is 4. The molecule has 256 valence electrons. The molecular formula is C50H29N3OS. The fraction of sp³-hybridized carbons (Fsp3) is 0. The predicted octanol–water partition coefficient (Wildman–Crippen LogP) is 14.0. The summed E-state index contributed by atoms with van der Waals surface area (Å²) in [5.74, 6) is 0.481. The summed E-state index contributed by atoms with van der Waals surface area (Å²) in [5, 5.41) is 1.11. The second-order valence-electron chi connectivity index (χ2n) is 13.0. The summed E-state index contributed by atoms with van der Waals surface area (Å²) in [6, 6.07) is 19.8. The third-order valence-electron chi connectivity index (χ3n) is 9.91. The van der Waals surface area contributed by atoms with E-state index in [2.05, 4.69) is 6.07 Å². The van der Waals surface area contributed by atoms with Crippen LogP contribution in [0.2, 0.25) is 0 Å². The number of rotatable bonds is 4. The number of para-hydroxylation sites is 1. The summed E-state index contributed by atoms with van der Waals surface area (Å²) in [7, 11) is 0. The first-order valence-corrected chi connectivity index (χ1v) is 18.2. The molecule has 0 bridgehead atoms. The molecule has 0 fully saturated rings. The second-order valence-corrected chi connectivity index (χ2v) is 14.1. The van der Waals surface area contributed by atoms with Crippen molar-refractivity contribution in [3.05, 3.63) is 176 Å². The molecule has 5 heteroatoms. The minimum Gasteiger partial charge on any atom is -0.456 e. The smallest absolute Gasteiger partial charge is 0.161 e. The summed E-state index contributed by atoms with van der Waals surface area (Å²) in [4.78, 5) is 10.3. The Balaban J connectivity index is 1.08. The molecule has 0 amide bonds. The van der Waals surface area contributed by atoms with Crippen LogP contribution in [-0.2, 0) is 0 Å². The molecule has 0 unspecified atom stereocenters. The summed E-state index contributed by atoms with van der Waals surface area (Å²) in [5.41, 5.74) is 3.09. The maximum Gasteiger partial charge on any atom is 0.161 e. The summed E-state index contributed by atoms with van der Waals surface area (Å²) >= 11 is 1.63. The summed E-state index contributed by atoms with van der Waals surface area (Å²) in [6.45, 7) is 0. The summed E-state index contributed by atoms with van der Waals surface area (Å²) in [6.07, 6.45) is 0. The largest absolute Gasteiger partial charge is 0.456 e. The van der Waals surface area contributed by atoms with Gasteiger partial charge in [-0.05, 0) is 76.4 Å². The van der Waals surface area contributed by atoms with E-state index in [0.29, 0.717) is 27.9 Å². The van der Waals surface area contributed by atoms with E-state index >= 15 is 0 Å². The fourth-order valence-electron chi connectivity index (χ4n) is 7.44. The van der Waals surface area contributed by atoms with Crippen LogP contribution in [0.25, 0.3) is 114 Å². The lowest BCUT2D eigenvalue weighted by molar-refractivity contribution is 0.669. The normalized spacial score (nSPS) is 15.6. The fourth-order valence-corrected chi connectivity index (χ4v) is 8.59. The molecule has 0 aliphatic rings. The Morgan fingerprint density at radius 2 is 1.36 bits per heavy atom. The van der Waals surface area contributed by atoms with Crippen LogP contribution in [0, 0.1) is 0 Å². The van der Waals surface area contributed by atoms with Crippen molar-refractivity contribution in [3.8, 4) is 39.5 Å².